The van der Waals surface area contributed by atoms with Gasteiger partial charge in [-0.15, -0.1) is 0 Å². The maximum absolute atomic E-state index is 12.8. The zero-order chi connectivity index (χ0) is 18.5. The molecule has 4 nitrogen and oxygen atoms in total. The number of hydrogen-bond acceptors (Lipinski definition) is 3. The lowest BCUT2D eigenvalue weighted by Gasteiger charge is -2.14. The van der Waals surface area contributed by atoms with Gasteiger partial charge in [0.05, 0.1) is 0 Å². The Labute approximate surface area is 161 Å². The highest BCUT2D eigenvalue weighted by atomic mass is 79.9. The van der Waals surface area contributed by atoms with Crippen molar-refractivity contribution in [2.24, 2.45) is 0 Å². The Morgan fingerprint density at radius 3 is 2.54 bits per heavy atom. The van der Waals surface area contributed by atoms with Crippen molar-refractivity contribution in [3.63, 3.8) is 0 Å². The minimum Gasteiger partial charge on any atom is -0.360 e. The van der Waals surface area contributed by atoms with E-state index in [2.05, 4.69) is 38.5 Å². The molecule has 0 aliphatic carbocycles. The minimum absolute atomic E-state index is 0.0507. The minimum atomic E-state index is -0.151. The van der Waals surface area contributed by atoms with E-state index in [1.54, 1.807) is 6.92 Å². The lowest BCUT2D eigenvalue weighted by Crippen LogP contribution is -2.33. The van der Waals surface area contributed by atoms with Crippen molar-refractivity contribution < 1.29 is 9.32 Å². The van der Waals surface area contributed by atoms with Crippen molar-refractivity contribution in [2.75, 3.05) is 0 Å². The van der Waals surface area contributed by atoms with Gasteiger partial charge in [0, 0.05) is 16.1 Å². The third-order valence-electron chi connectivity index (χ3n) is 4.29. The van der Waals surface area contributed by atoms with Gasteiger partial charge < -0.3 is 9.84 Å². The van der Waals surface area contributed by atoms with E-state index in [9.17, 15) is 4.79 Å². The second-order valence-electron chi connectivity index (χ2n) is 6.37. The van der Waals surface area contributed by atoms with E-state index < -0.39 is 0 Å². The summed E-state index contributed by atoms with van der Waals surface area (Å²) in [6, 6.07) is 18.0. The molecule has 1 atom stereocenters. The number of amides is 1. The van der Waals surface area contributed by atoms with Crippen molar-refractivity contribution in [3.05, 3.63) is 76.0 Å². The van der Waals surface area contributed by atoms with Crippen LogP contribution in [0.25, 0.3) is 11.3 Å². The molecule has 0 aliphatic heterocycles. The summed E-state index contributed by atoms with van der Waals surface area (Å²) in [7, 11) is 0. The summed E-state index contributed by atoms with van der Waals surface area (Å²) in [5.74, 6) is 0.373. The lowest BCUT2D eigenvalue weighted by atomic mass is 10.0. The number of aromatic nitrogens is 1. The van der Waals surface area contributed by atoms with E-state index in [0.717, 1.165) is 22.9 Å². The third-order valence-corrected chi connectivity index (χ3v) is 4.82. The van der Waals surface area contributed by atoms with Crippen LogP contribution in [0.2, 0.25) is 0 Å². The van der Waals surface area contributed by atoms with Gasteiger partial charge in [-0.25, -0.2) is 0 Å². The summed E-state index contributed by atoms with van der Waals surface area (Å²) >= 11 is 3.42. The number of halogens is 1. The molecule has 1 N–H and O–H groups in total. The molecule has 0 saturated carbocycles. The van der Waals surface area contributed by atoms with Gasteiger partial charge in [-0.2, -0.15) is 0 Å². The van der Waals surface area contributed by atoms with E-state index in [0.29, 0.717) is 17.0 Å². The first kappa shape index (κ1) is 18.4. The fourth-order valence-corrected chi connectivity index (χ4v) is 3.10. The first-order valence-electron chi connectivity index (χ1n) is 8.61. The number of aryl methyl sites for hydroxylation is 2. The average molecular weight is 413 g/mol. The van der Waals surface area contributed by atoms with Crippen molar-refractivity contribution in [1.82, 2.24) is 10.5 Å². The molecule has 0 fully saturated rings. The molecule has 1 heterocycles. The molecule has 1 amide bonds. The van der Waals surface area contributed by atoms with Gasteiger partial charge in [0.15, 0.2) is 0 Å². The average Bonchev–Trinajstić information content (AvgIpc) is 3.03. The summed E-state index contributed by atoms with van der Waals surface area (Å²) in [6.07, 6.45) is 1.79. The molecule has 0 unspecified atom stereocenters. The van der Waals surface area contributed by atoms with Gasteiger partial charge in [0.25, 0.3) is 5.91 Å². The van der Waals surface area contributed by atoms with Crippen LogP contribution in [0.1, 0.15) is 35.0 Å². The Hall–Kier alpha value is -2.40. The van der Waals surface area contributed by atoms with Crippen LogP contribution in [0, 0.1) is 6.92 Å². The second kappa shape index (κ2) is 8.32. The molecular formula is C21H21BrN2O2. The Morgan fingerprint density at radius 2 is 1.85 bits per heavy atom. The largest absolute Gasteiger partial charge is 0.360 e. The molecule has 2 aromatic carbocycles. The maximum atomic E-state index is 12.8. The van der Waals surface area contributed by atoms with Gasteiger partial charge in [-0.3, -0.25) is 4.79 Å². The van der Waals surface area contributed by atoms with Crippen LogP contribution in [0.3, 0.4) is 0 Å². The summed E-state index contributed by atoms with van der Waals surface area (Å²) in [5, 5.41) is 7.15. The van der Waals surface area contributed by atoms with Gasteiger partial charge >= 0.3 is 0 Å². The summed E-state index contributed by atoms with van der Waals surface area (Å²) in [5.41, 5.74) is 3.19. The zero-order valence-electron chi connectivity index (χ0n) is 14.8. The first-order chi connectivity index (χ1) is 12.5. The highest BCUT2D eigenvalue weighted by molar-refractivity contribution is 9.10. The molecule has 134 valence electrons. The highest BCUT2D eigenvalue weighted by Crippen LogP contribution is 2.26. The highest BCUT2D eigenvalue weighted by Gasteiger charge is 2.22. The van der Waals surface area contributed by atoms with E-state index >= 15 is 0 Å². The van der Waals surface area contributed by atoms with E-state index in [4.69, 9.17) is 4.52 Å². The van der Waals surface area contributed by atoms with Crippen molar-refractivity contribution in [1.29, 1.82) is 0 Å². The van der Waals surface area contributed by atoms with Gasteiger partial charge in [0.2, 0.25) is 0 Å². The van der Waals surface area contributed by atoms with Crippen LogP contribution in [-0.2, 0) is 6.42 Å². The topological polar surface area (TPSA) is 55.1 Å². The number of carbonyl (C=O) groups excluding carboxylic acids is 1. The normalized spacial score (nSPS) is 12.0. The molecule has 0 saturated heterocycles. The van der Waals surface area contributed by atoms with Crippen LogP contribution in [0.4, 0.5) is 0 Å². The van der Waals surface area contributed by atoms with Gasteiger partial charge in [0.1, 0.15) is 17.0 Å². The van der Waals surface area contributed by atoms with Crippen LogP contribution in [0.5, 0.6) is 0 Å². The fourth-order valence-electron chi connectivity index (χ4n) is 2.84. The van der Waals surface area contributed by atoms with Crippen molar-refractivity contribution in [2.45, 2.75) is 32.7 Å². The standard InChI is InChI=1S/C21H21BrN2O2/c1-14(8-9-16-6-4-3-5-7-16)23-21(25)19-15(2)26-24-20(19)17-10-12-18(22)13-11-17/h3-7,10-14H,8-9H2,1-2H3,(H,23,25)/t14-/m0/s1. The first-order valence-corrected chi connectivity index (χ1v) is 9.41. The fraction of sp³-hybridized carbons (Fsp3) is 0.238. The smallest absolute Gasteiger partial charge is 0.257 e. The van der Waals surface area contributed by atoms with Gasteiger partial charge in [-0.05, 0) is 44.4 Å². The molecule has 0 spiro atoms. The Bertz CT molecular complexity index is 873. The molecule has 3 aromatic rings. The van der Waals surface area contributed by atoms with E-state index in [-0.39, 0.29) is 11.9 Å². The van der Waals surface area contributed by atoms with Crippen LogP contribution < -0.4 is 5.32 Å². The van der Waals surface area contributed by atoms with Crippen molar-refractivity contribution >= 4 is 21.8 Å². The third kappa shape index (κ3) is 4.41. The monoisotopic (exact) mass is 412 g/mol. The zero-order valence-corrected chi connectivity index (χ0v) is 16.4. The second-order valence-corrected chi connectivity index (χ2v) is 7.28. The Morgan fingerprint density at radius 1 is 1.15 bits per heavy atom. The molecular weight excluding hydrogens is 392 g/mol. The SMILES string of the molecule is Cc1onc(-c2ccc(Br)cc2)c1C(=O)N[C@@H](C)CCc1ccccc1. The molecule has 5 heteroatoms. The number of rotatable bonds is 6. The number of carbonyl (C=O) groups is 1. The quantitative estimate of drug-likeness (QED) is 0.607. The summed E-state index contributed by atoms with van der Waals surface area (Å²) in [6.45, 7) is 3.78. The van der Waals surface area contributed by atoms with Crippen LogP contribution >= 0.6 is 15.9 Å². The Kier molecular flexibility index (Phi) is 5.89. The molecule has 0 radical (unpaired) electrons. The molecule has 0 bridgehead atoms. The number of hydrogen-bond donors (Lipinski definition) is 1. The number of benzene rings is 2. The molecule has 3 rings (SSSR count). The van der Waals surface area contributed by atoms with Crippen molar-refractivity contribution in [3.8, 4) is 11.3 Å². The van der Waals surface area contributed by atoms with E-state index in [1.807, 2.05) is 49.4 Å². The number of nitrogens with one attached hydrogen (secondary N) is 1. The summed E-state index contributed by atoms with van der Waals surface area (Å²) < 4.78 is 6.26. The molecule has 0 aliphatic rings. The number of nitrogens with zero attached hydrogens (tertiary/aromatic N) is 1. The van der Waals surface area contributed by atoms with Crippen LogP contribution in [-0.4, -0.2) is 17.1 Å². The van der Waals surface area contributed by atoms with Gasteiger partial charge in [-0.1, -0.05) is 63.6 Å². The predicted molar refractivity (Wildman–Crippen MR) is 106 cm³/mol. The predicted octanol–water partition coefficient (Wildman–Crippen LogP) is 5.16. The maximum Gasteiger partial charge on any atom is 0.257 e. The molecule has 1 aromatic heterocycles. The molecule has 26 heavy (non-hydrogen) atoms. The lowest BCUT2D eigenvalue weighted by molar-refractivity contribution is 0.0937. The Balaban J connectivity index is 1.69. The van der Waals surface area contributed by atoms with E-state index in [1.165, 1.54) is 5.56 Å². The summed E-state index contributed by atoms with van der Waals surface area (Å²) in [4.78, 5) is 12.8. The van der Waals surface area contributed by atoms with Crippen LogP contribution in [0.15, 0.2) is 63.6 Å².